The molecule has 1 aromatic heterocycles. The summed E-state index contributed by atoms with van der Waals surface area (Å²) in [5.74, 6) is 0. The fraction of sp³-hybridized carbons (Fsp3) is 0.385. The Morgan fingerprint density at radius 1 is 1.20 bits per heavy atom. The summed E-state index contributed by atoms with van der Waals surface area (Å²) in [6.45, 7) is 6.33. The number of benzene rings is 1. The minimum atomic E-state index is 0.0919. The predicted molar refractivity (Wildman–Crippen MR) is 65.0 cm³/mol. The zero-order valence-electron chi connectivity index (χ0n) is 9.83. The molecule has 0 amide bonds. The van der Waals surface area contributed by atoms with Crippen LogP contribution in [0.15, 0.2) is 18.3 Å². The SMILES string of the molecule is Cc1ccc(C)c2c1c(C(C)N)cn2C. The number of rotatable bonds is 1. The van der Waals surface area contributed by atoms with Gasteiger partial charge in [0.2, 0.25) is 0 Å². The third-order valence-electron chi connectivity index (χ3n) is 3.05. The minimum Gasteiger partial charge on any atom is -0.350 e. The van der Waals surface area contributed by atoms with Crippen LogP contribution in [0.25, 0.3) is 10.9 Å². The van der Waals surface area contributed by atoms with Crippen molar-refractivity contribution in [2.45, 2.75) is 26.8 Å². The van der Waals surface area contributed by atoms with Crippen LogP contribution < -0.4 is 5.73 Å². The molecule has 2 aromatic rings. The molecular formula is C13H18N2. The van der Waals surface area contributed by atoms with E-state index in [4.69, 9.17) is 5.73 Å². The minimum absolute atomic E-state index is 0.0919. The summed E-state index contributed by atoms with van der Waals surface area (Å²) in [7, 11) is 2.08. The van der Waals surface area contributed by atoms with Gasteiger partial charge in [-0.25, -0.2) is 0 Å². The quantitative estimate of drug-likeness (QED) is 0.757. The smallest absolute Gasteiger partial charge is 0.0513 e. The van der Waals surface area contributed by atoms with Crippen LogP contribution in [0.1, 0.15) is 29.7 Å². The molecule has 1 atom stereocenters. The molecule has 1 unspecified atom stereocenters. The van der Waals surface area contributed by atoms with Gasteiger partial charge in [-0.2, -0.15) is 0 Å². The Balaban J connectivity index is 2.92. The van der Waals surface area contributed by atoms with Gasteiger partial charge in [0.1, 0.15) is 0 Å². The van der Waals surface area contributed by atoms with Crippen molar-refractivity contribution in [3.05, 3.63) is 35.0 Å². The molecule has 0 aliphatic carbocycles. The van der Waals surface area contributed by atoms with E-state index >= 15 is 0 Å². The summed E-state index contributed by atoms with van der Waals surface area (Å²) < 4.78 is 2.18. The monoisotopic (exact) mass is 202 g/mol. The number of hydrogen-bond acceptors (Lipinski definition) is 1. The molecule has 2 nitrogen and oxygen atoms in total. The van der Waals surface area contributed by atoms with Crippen LogP contribution in [-0.2, 0) is 7.05 Å². The summed E-state index contributed by atoms with van der Waals surface area (Å²) in [6.07, 6.45) is 2.15. The van der Waals surface area contributed by atoms with E-state index < -0.39 is 0 Å². The van der Waals surface area contributed by atoms with E-state index in [2.05, 4.69) is 43.8 Å². The van der Waals surface area contributed by atoms with Gasteiger partial charge < -0.3 is 10.3 Å². The second kappa shape index (κ2) is 3.38. The van der Waals surface area contributed by atoms with Crippen molar-refractivity contribution in [1.29, 1.82) is 0 Å². The Labute approximate surface area is 90.7 Å². The number of nitrogens with two attached hydrogens (primary N) is 1. The molecule has 15 heavy (non-hydrogen) atoms. The van der Waals surface area contributed by atoms with Gasteiger partial charge in [-0.1, -0.05) is 12.1 Å². The van der Waals surface area contributed by atoms with Gasteiger partial charge in [-0.05, 0) is 37.5 Å². The highest BCUT2D eigenvalue weighted by molar-refractivity contribution is 5.90. The largest absolute Gasteiger partial charge is 0.350 e. The van der Waals surface area contributed by atoms with Gasteiger partial charge >= 0.3 is 0 Å². The van der Waals surface area contributed by atoms with Gasteiger partial charge in [-0.15, -0.1) is 0 Å². The van der Waals surface area contributed by atoms with Gasteiger partial charge in [0, 0.05) is 24.7 Å². The van der Waals surface area contributed by atoms with E-state index in [1.165, 1.54) is 27.6 Å². The molecule has 2 heteroatoms. The first-order chi connectivity index (χ1) is 7.02. The first kappa shape index (κ1) is 10.2. The Morgan fingerprint density at radius 3 is 2.40 bits per heavy atom. The fourth-order valence-electron chi connectivity index (χ4n) is 2.30. The van der Waals surface area contributed by atoms with Crippen LogP contribution in [-0.4, -0.2) is 4.57 Å². The number of hydrogen-bond donors (Lipinski definition) is 1. The van der Waals surface area contributed by atoms with Crippen molar-refractivity contribution in [2.24, 2.45) is 12.8 Å². The molecule has 2 rings (SSSR count). The summed E-state index contributed by atoms with van der Waals surface area (Å²) in [6, 6.07) is 4.43. The maximum Gasteiger partial charge on any atom is 0.0513 e. The van der Waals surface area contributed by atoms with Crippen molar-refractivity contribution in [1.82, 2.24) is 4.57 Å². The summed E-state index contributed by atoms with van der Waals surface area (Å²) in [5, 5.41) is 1.33. The molecule has 1 aromatic carbocycles. The molecule has 0 aliphatic rings. The third-order valence-corrected chi connectivity index (χ3v) is 3.05. The lowest BCUT2D eigenvalue weighted by Gasteiger charge is -2.06. The average molecular weight is 202 g/mol. The van der Waals surface area contributed by atoms with Crippen LogP contribution in [0.5, 0.6) is 0 Å². The average Bonchev–Trinajstić information content (AvgIpc) is 2.51. The van der Waals surface area contributed by atoms with Crippen molar-refractivity contribution in [3.8, 4) is 0 Å². The summed E-state index contributed by atoms with van der Waals surface area (Å²) in [5.41, 5.74) is 11.2. The van der Waals surface area contributed by atoms with Crippen LogP contribution >= 0.6 is 0 Å². The van der Waals surface area contributed by atoms with Crippen LogP contribution in [0.4, 0.5) is 0 Å². The molecule has 0 radical (unpaired) electrons. The molecule has 1 heterocycles. The van der Waals surface area contributed by atoms with Crippen LogP contribution in [0, 0.1) is 13.8 Å². The topological polar surface area (TPSA) is 30.9 Å². The van der Waals surface area contributed by atoms with Crippen molar-refractivity contribution < 1.29 is 0 Å². The first-order valence-electron chi connectivity index (χ1n) is 5.33. The van der Waals surface area contributed by atoms with E-state index in [9.17, 15) is 0 Å². The van der Waals surface area contributed by atoms with E-state index in [-0.39, 0.29) is 6.04 Å². The second-order valence-electron chi connectivity index (χ2n) is 4.41. The number of fused-ring (bicyclic) bond motifs is 1. The normalized spacial score (nSPS) is 13.4. The predicted octanol–water partition coefficient (Wildman–Crippen LogP) is 2.81. The van der Waals surface area contributed by atoms with Crippen molar-refractivity contribution >= 4 is 10.9 Å². The zero-order valence-corrected chi connectivity index (χ0v) is 9.83. The fourth-order valence-corrected chi connectivity index (χ4v) is 2.30. The Hall–Kier alpha value is -1.28. The van der Waals surface area contributed by atoms with E-state index in [0.717, 1.165) is 0 Å². The Kier molecular flexibility index (Phi) is 2.31. The van der Waals surface area contributed by atoms with E-state index in [0.29, 0.717) is 0 Å². The highest BCUT2D eigenvalue weighted by Gasteiger charge is 2.13. The van der Waals surface area contributed by atoms with Gasteiger partial charge in [0.15, 0.2) is 0 Å². The molecule has 2 N–H and O–H groups in total. The van der Waals surface area contributed by atoms with E-state index in [1.807, 2.05) is 6.92 Å². The standard InChI is InChI=1S/C13H18N2/c1-8-5-6-9(2)13-12(8)11(10(3)14)7-15(13)4/h5-7,10H,14H2,1-4H3. The van der Waals surface area contributed by atoms with Crippen LogP contribution in [0.2, 0.25) is 0 Å². The maximum absolute atomic E-state index is 6.00. The van der Waals surface area contributed by atoms with Gasteiger partial charge in [0.25, 0.3) is 0 Å². The molecule has 0 saturated carbocycles. The number of aryl methyl sites for hydroxylation is 3. The molecule has 0 aliphatic heterocycles. The second-order valence-corrected chi connectivity index (χ2v) is 4.41. The Bertz CT molecular complexity index is 507. The summed E-state index contributed by atoms with van der Waals surface area (Å²) >= 11 is 0. The van der Waals surface area contributed by atoms with E-state index in [1.54, 1.807) is 0 Å². The maximum atomic E-state index is 6.00. The highest BCUT2D eigenvalue weighted by atomic mass is 14.9. The third kappa shape index (κ3) is 1.45. The first-order valence-corrected chi connectivity index (χ1v) is 5.33. The molecule has 0 spiro atoms. The zero-order chi connectivity index (χ0) is 11.2. The molecule has 0 saturated heterocycles. The molecule has 0 fully saturated rings. The lowest BCUT2D eigenvalue weighted by molar-refractivity contribution is 0.814. The lowest BCUT2D eigenvalue weighted by Crippen LogP contribution is -2.04. The number of aromatic nitrogens is 1. The van der Waals surface area contributed by atoms with Crippen molar-refractivity contribution in [3.63, 3.8) is 0 Å². The van der Waals surface area contributed by atoms with Gasteiger partial charge in [-0.3, -0.25) is 0 Å². The Morgan fingerprint density at radius 2 is 1.80 bits per heavy atom. The van der Waals surface area contributed by atoms with Crippen molar-refractivity contribution in [2.75, 3.05) is 0 Å². The molecule has 80 valence electrons. The molecular weight excluding hydrogens is 184 g/mol. The van der Waals surface area contributed by atoms with Crippen LogP contribution in [0.3, 0.4) is 0 Å². The lowest BCUT2D eigenvalue weighted by atomic mass is 10.0. The highest BCUT2D eigenvalue weighted by Crippen LogP contribution is 2.29. The van der Waals surface area contributed by atoms with Gasteiger partial charge in [0.05, 0.1) is 5.52 Å². The number of nitrogens with zero attached hydrogens (tertiary/aromatic N) is 1. The molecule has 0 bridgehead atoms. The summed E-state index contributed by atoms with van der Waals surface area (Å²) in [4.78, 5) is 0.